The Bertz CT molecular complexity index is 953. The van der Waals surface area contributed by atoms with E-state index in [-0.39, 0.29) is 10.8 Å². The molecule has 0 N–H and O–H groups in total. The Morgan fingerprint density at radius 1 is 1.08 bits per heavy atom. The molecule has 0 spiro atoms. The lowest BCUT2D eigenvalue weighted by Crippen LogP contribution is -2.33. The van der Waals surface area contributed by atoms with Crippen LogP contribution in [0.15, 0.2) is 51.8 Å². The van der Waals surface area contributed by atoms with Gasteiger partial charge in [0.25, 0.3) is 10.0 Å². The van der Waals surface area contributed by atoms with Crippen LogP contribution in [0.2, 0.25) is 0 Å². The predicted molar refractivity (Wildman–Crippen MR) is 103 cm³/mol. The van der Waals surface area contributed by atoms with Crippen molar-refractivity contribution < 1.29 is 13.2 Å². The number of nitrogens with zero attached hydrogens (tertiary/aromatic N) is 2. The molecular weight excluding hydrogens is 404 g/mol. The molecule has 3 rings (SSSR count). The van der Waals surface area contributed by atoms with E-state index >= 15 is 0 Å². The van der Waals surface area contributed by atoms with Crippen LogP contribution in [0.4, 0.5) is 11.4 Å². The van der Waals surface area contributed by atoms with E-state index in [1.807, 2.05) is 13.8 Å². The van der Waals surface area contributed by atoms with Crippen LogP contribution in [0.1, 0.15) is 19.4 Å². The highest BCUT2D eigenvalue weighted by atomic mass is 79.9. The average Bonchev–Trinajstić information content (AvgIpc) is 2.75. The zero-order valence-electron chi connectivity index (χ0n) is 14.4. The van der Waals surface area contributed by atoms with Crippen LogP contribution in [-0.2, 0) is 20.2 Å². The smallest absolute Gasteiger partial charge is 0.264 e. The van der Waals surface area contributed by atoms with Crippen molar-refractivity contribution in [2.75, 3.05) is 23.3 Å². The lowest BCUT2D eigenvalue weighted by molar-refractivity contribution is -0.121. The second kappa shape index (κ2) is 5.85. The Balaban J connectivity index is 2.07. The molecule has 7 heteroatoms. The molecule has 0 radical (unpaired) electrons. The summed E-state index contributed by atoms with van der Waals surface area (Å²) in [6, 6.07) is 11.9. The second-order valence-corrected chi connectivity index (χ2v) is 9.50. The minimum absolute atomic E-state index is 0.0432. The number of carbonyl (C=O) groups is 1. The van der Waals surface area contributed by atoms with Crippen molar-refractivity contribution in [3.8, 4) is 0 Å². The molecule has 0 bridgehead atoms. The van der Waals surface area contributed by atoms with Gasteiger partial charge in [-0.2, -0.15) is 0 Å². The molecule has 0 atom stereocenters. The maximum absolute atomic E-state index is 13.0. The predicted octanol–water partition coefficient (Wildman–Crippen LogP) is 3.53. The number of hydrogen-bond donors (Lipinski definition) is 0. The summed E-state index contributed by atoms with van der Waals surface area (Å²) in [4.78, 5) is 14.1. The van der Waals surface area contributed by atoms with Crippen molar-refractivity contribution >= 4 is 43.2 Å². The third-order valence-corrected chi connectivity index (χ3v) is 7.00. The highest BCUT2D eigenvalue weighted by Gasteiger charge is 2.43. The number of halogens is 1. The molecule has 0 aromatic heterocycles. The fourth-order valence-corrected chi connectivity index (χ4v) is 4.55. The van der Waals surface area contributed by atoms with Crippen LogP contribution < -0.4 is 9.21 Å². The van der Waals surface area contributed by atoms with Gasteiger partial charge in [0.05, 0.1) is 16.0 Å². The minimum atomic E-state index is -3.72. The van der Waals surface area contributed by atoms with Crippen molar-refractivity contribution in [3.63, 3.8) is 0 Å². The Kier molecular flexibility index (Phi) is 4.20. The van der Waals surface area contributed by atoms with Crippen molar-refractivity contribution in [3.05, 3.63) is 52.5 Å². The molecule has 0 saturated carbocycles. The van der Waals surface area contributed by atoms with Gasteiger partial charge in [-0.25, -0.2) is 8.42 Å². The van der Waals surface area contributed by atoms with Crippen LogP contribution >= 0.6 is 15.9 Å². The first-order valence-electron chi connectivity index (χ1n) is 7.74. The van der Waals surface area contributed by atoms with Crippen molar-refractivity contribution in [2.24, 2.45) is 0 Å². The molecule has 1 amide bonds. The summed E-state index contributed by atoms with van der Waals surface area (Å²) in [5.74, 6) is -0.0432. The molecular formula is C18H19BrN2O3S. The maximum atomic E-state index is 13.0. The van der Waals surface area contributed by atoms with Gasteiger partial charge in [0.1, 0.15) is 0 Å². The van der Waals surface area contributed by atoms with E-state index in [4.69, 9.17) is 0 Å². The summed E-state index contributed by atoms with van der Waals surface area (Å²) in [5.41, 5.74) is 1.30. The Morgan fingerprint density at radius 2 is 1.68 bits per heavy atom. The van der Waals surface area contributed by atoms with E-state index in [0.717, 1.165) is 15.7 Å². The highest BCUT2D eigenvalue weighted by Crippen LogP contribution is 2.42. The fourth-order valence-electron chi connectivity index (χ4n) is 3.06. The van der Waals surface area contributed by atoms with Gasteiger partial charge in [-0.15, -0.1) is 0 Å². The van der Waals surface area contributed by atoms with Gasteiger partial charge in [0, 0.05) is 24.3 Å². The summed E-state index contributed by atoms with van der Waals surface area (Å²) in [5, 5.41) is 0. The van der Waals surface area contributed by atoms with Crippen LogP contribution in [-0.4, -0.2) is 28.4 Å². The zero-order chi connectivity index (χ0) is 18.6. The van der Waals surface area contributed by atoms with E-state index in [9.17, 15) is 13.2 Å². The lowest BCUT2D eigenvalue weighted by Gasteiger charge is -2.21. The zero-order valence-corrected chi connectivity index (χ0v) is 16.8. The van der Waals surface area contributed by atoms with E-state index in [2.05, 4.69) is 15.9 Å². The molecule has 0 saturated heterocycles. The van der Waals surface area contributed by atoms with Crippen molar-refractivity contribution in [1.29, 1.82) is 0 Å². The Labute approximate surface area is 156 Å². The van der Waals surface area contributed by atoms with Gasteiger partial charge >= 0.3 is 0 Å². The van der Waals surface area contributed by atoms with Gasteiger partial charge in [-0.1, -0.05) is 15.9 Å². The maximum Gasteiger partial charge on any atom is 0.264 e. The van der Waals surface area contributed by atoms with Crippen LogP contribution in [0.3, 0.4) is 0 Å². The molecule has 1 aliphatic rings. The van der Waals surface area contributed by atoms with E-state index < -0.39 is 15.4 Å². The first-order chi connectivity index (χ1) is 11.6. The standard InChI is InChI=1S/C18H19BrN2O3S/c1-18(2)15-11-14(9-10-16(15)20(3)17(18)22)25(23,24)21(4)13-7-5-12(19)6-8-13/h5-11H,1-4H3. The number of anilines is 2. The number of benzene rings is 2. The molecule has 0 unspecified atom stereocenters. The first kappa shape index (κ1) is 17.9. The van der Waals surface area contributed by atoms with Crippen LogP contribution in [0.5, 0.6) is 0 Å². The summed E-state index contributed by atoms with van der Waals surface area (Å²) in [6.45, 7) is 3.62. The van der Waals surface area contributed by atoms with Gasteiger partial charge in [-0.05, 0) is 61.9 Å². The molecule has 5 nitrogen and oxygen atoms in total. The first-order valence-corrected chi connectivity index (χ1v) is 9.97. The third-order valence-electron chi connectivity index (χ3n) is 4.69. The normalized spacial score (nSPS) is 16.0. The van der Waals surface area contributed by atoms with E-state index in [1.54, 1.807) is 54.4 Å². The quantitative estimate of drug-likeness (QED) is 0.759. The van der Waals surface area contributed by atoms with Gasteiger partial charge in [-0.3, -0.25) is 9.10 Å². The van der Waals surface area contributed by atoms with Gasteiger partial charge in [0.2, 0.25) is 5.91 Å². The fraction of sp³-hybridized carbons (Fsp3) is 0.278. The highest BCUT2D eigenvalue weighted by molar-refractivity contribution is 9.10. The summed E-state index contributed by atoms with van der Waals surface area (Å²) in [6.07, 6.45) is 0. The topological polar surface area (TPSA) is 57.7 Å². The molecule has 2 aromatic carbocycles. The summed E-state index contributed by atoms with van der Waals surface area (Å²) < 4.78 is 28.1. The minimum Gasteiger partial charge on any atom is -0.314 e. The molecule has 2 aromatic rings. The number of rotatable bonds is 3. The van der Waals surface area contributed by atoms with Crippen LogP contribution in [0, 0.1) is 0 Å². The van der Waals surface area contributed by atoms with Crippen molar-refractivity contribution in [2.45, 2.75) is 24.2 Å². The molecule has 0 aliphatic carbocycles. The Hall–Kier alpha value is -1.86. The number of sulfonamides is 1. The monoisotopic (exact) mass is 422 g/mol. The van der Waals surface area contributed by atoms with Gasteiger partial charge in [0.15, 0.2) is 0 Å². The lowest BCUT2D eigenvalue weighted by atomic mass is 9.86. The number of amides is 1. The van der Waals surface area contributed by atoms with E-state index in [1.165, 1.54) is 11.4 Å². The SMILES string of the molecule is CN1C(=O)C(C)(C)c2cc(S(=O)(=O)N(C)c3ccc(Br)cc3)ccc21. The number of fused-ring (bicyclic) bond motifs is 1. The number of hydrogen-bond acceptors (Lipinski definition) is 3. The molecule has 132 valence electrons. The van der Waals surface area contributed by atoms with Crippen molar-refractivity contribution in [1.82, 2.24) is 0 Å². The Morgan fingerprint density at radius 3 is 2.28 bits per heavy atom. The summed E-state index contributed by atoms with van der Waals surface area (Å²) in [7, 11) is -0.495. The molecule has 1 heterocycles. The largest absolute Gasteiger partial charge is 0.314 e. The molecule has 1 aliphatic heterocycles. The van der Waals surface area contributed by atoms with E-state index in [0.29, 0.717) is 5.69 Å². The average molecular weight is 423 g/mol. The van der Waals surface area contributed by atoms with Crippen LogP contribution in [0.25, 0.3) is 0 Å². The third kappa shape index (κ3) is 2.75. The molecule has 25 heavy (non-hydrogen) atoms. The number of likely N-dealkylation sites (N-methyl/N-ethyl adjacent to an activating group) is 1. The molecule has 0 fully saturated rings. The van der Waals surface area contributed by atoms with Gasteiger partial charge < -0.3 is 4.90 Å². The summed E-state index contributed by atoms with van der Waals surface area (Å²) >= 11 is 3.34. The second-order valence-electron chi connectivity index (χ2n) is 6.62. The number of carbonyl (C=O) groups excluding carboxylic acids is 1.